The second kappa shape index (κ2) is 6.37. The van der Waals surface area contributed by atoms with Crippen LogP contribution < -0.4 is 4.74 Å². The summed E-state index contributed by atoms with van der Waals surface area (Å²) in [5.41, 5.74) is 2.63. The van der Waals surface area contributed by atoms with E-state index in [0.717, 1.165) is 11.1 Å². The summed E-state index contributed by atoms with van der Waals surface area (Å²) in [6.45, 7) is 0.460. The molecule has 1 heterocycles. The van der Waals surface area contributed by atoms with Crippen LogP contribution in [0.4, 0.5) is 0 Å². The maximum atomic E-state index is 6.18. The standard InChI is InChI=1S/C17H13ClN2O/c18-15-9-5-4-8-14(15)16-10-19-11-17(20-16)21-12-13-6-2-1-3-7-13/h1-11H,12H2. The molecule has 0 amide bonds. The van der Waals surface area contributed by atoms with Gasteiger partial charge in [0.1, 0.15) is 6.61 Å². The van der Waals surface area contributed by atoms with Crippen molar-refractivity contribution in [3.63, 3.8) is 0 Å². The maximum Gasteiger partial charge on any atom is 0.233 e. The van der Waals surface area contributed by atoms with Crippen molar-refractivity contribution in [2.45, 2.75) is 6.61 Å². The van der Waals surface area contributed by atoms with E-state index in [4.69, 9.17) is 16.3 Å². The molecule has 3 nitrogen and oxygen atoms in total. The van der Waals surface area contributed by atoms with Gasteiger partial charge in [-0.15, -0.1) is 0 Å². The fourth-order valence-electron chi connectivity index (χ4n) is 1.95. The van der Waals surface area contributed by atoms with E-state index >= 15 is 0 Å². The van der Waals surface area contributed by atoms with E-state index < -0.39 is 0 Å². The fraction of sp³-hybridized carbons (Fsp3) is 0.0588. The van der Waals surface area contributed by atoms with E-state index in [9.17, 15) is 0 Å². The van der Waals surface area contributed by atoms with E-state index in [1.165, 1.54) is 0 Å². The molecule has 0 N–H and O–H groups in total. The Balaban J connectivity index is 1.79. The van der Waals surface area contributed by atoms with Crippen LogP contribution in [0.2, 0.25) is 5.02 Å². The predicted molar refractivity (Wildman–Crippen MR) is 83.3 cm³/mol. The summed E-state index contributed by atoms with van der Waals surface area (Å²) in [6, 6.07) is 17.5. The van der Waals surface area contributed by atoms with Crippen molar-refractivity contribution in [2.24, 2.45) is 0 Å². The average Bonchev–Trinajstić information content (AvgIpc) is 2.55. The minimum atomic E-state index is 0.460. The topological polar surface area (TPSA) is 35.0 Å². The first-order chi connectivity index (χ1) is 10.3. The number of ether oxygens (including phenoxy) is 1. The van der Waals surface area contributed by atoms with Crippen LogP contribution in [-0.4, -0.2) is 9.97 Å². The molecule has 2 aromatic carbocycles. The first kappa shape index (κ1) is 13.6. The quantitative estimate of drug-likeness (QED) is 0.717. The molecule has 0 aliphatic carbocycles. The van der Waals surface area contributed by atoms with Crippen LogP contribution in [0.25, 0.3) is 11.3 Å². The Morgan fingerprint density at radius 2 is 1.67 bits per heavy atom. The Bertz CT molecular complexity index is 732. The van der Waals surface area contributed by atoms with Gasteiger partial charge in [-0.2, -0.15) is 0 Å². The summed E-state index contributed by atoms with van der Waals surface area (Å²) < 4.78 is 5.68. The molecular formula is C17H13ClN2O. The number of nitrogens with zero attached hydrogens (tertiary/aromatic N) is 2. The van der Waals surface area contributed by atoms with Crippen molar-refractivity contribution < 1.29 is 4.74 Å². The SMILES string of the molecule is Clc1ccccc1-c1cncc(OCc2ccccc2)n1. The highest BCUT2D eigenvalue weighted by Gasteiger charge is 2.06. The number of rotatable bonds is 4. The van der Waals surface area contributed by atoms with Crippen LogP contribution in [-0.2, 0) is 6.61 Å². The van der Waals surface area contributed by atoms with Gasteiger partial charge in [0, 0.05) is 5.56 Å². The number of hydrogen-bond acceptors (Lipinski definition) is 3. The van der Waals surface area contributed by atoms with Crippen LogP contribution in [0.5, 0.6) is 5.88 Å². The Morgan fingerprint density at radius 3 is 2.48 bits per heavy atom. The van der Waals surface area contributed by atoms with Crippen molar-refractivity contribution >= 4 is 11.6 Å². The molecule has 104 valence electrons. The molecule has 0 aliphatic rings. The van der Waals surface area contributed by atoms with Gasteiger partial charge in [-0.25, -0.2) is 4.98 Å². The molecular weight excluding hydrogens is 284 g/mol. The second-order valence-corrected chi connectivity index (χ2v) is 4.90. The first-order valence-corrected chi connectivity index (χ1v) is 6.94. The fourth-order valence-corrected chi connectivity index (χ4v) is 2.18. The highest BCUT2D eigenvalue weighted by atomic mass is 35.5. The molecule has 0 unspecified atom stereocenters. The third-order valence-electron chi connectivity index (χ3n) is 2.99. The van der Waals surface area contributed by atoms with Gasteiger partial charge in [-0.1, -0.05) is 60.1 Å². The lowest BCUT2D eigenvalue weighted by atomic mass is 10.2. The van der Waals surface area contributed by atoms with Crippen LogP contribution in [0.15, 0.2) is 67.0 Å². The lowest BCUT2D eigenvalue weighted by molar-refractivity contribution is 0.293. The van der Waals surface area contributed by atoms with Crippen LogP contribution in [0.3, 0.4) is 0 Å². The van der Waals surface area contributed by atoms with Crippen molar-refractivity contribution in [1.82, 2.24) is 9.97 Å². The van der Waals surface area contributed by atoms with Crippen LogP contribution >= 0.6 is 11.6 Å². The minimum Gasteiger partial charge on any atom is -0.472 e. The summed E-state index contributed by atoms with van der Waals surface area (Å²) >= 11 is 6.18. The Morgan fingerprint density at radius 1 is 0.905 bits per heavy atom. The largest absolute Gasteiger partial charge is 0.472 e. The summed E-state index contributed by atoms with van der Waals surface area (Å²) in [5, 5.41) is 0.645. The maximum absolute atomic E-state index is 6.18. The molecule has 0 atom stereocenters. The number of aromatic nitrogens is 2. The van der Waals surface area contributed by atoms with E-state index in [-0.39, 0.29) is 0 Å². The zero-order chi connectivity index (χ0) is 14.5. The van der Waals surface area contributed by atoms with Crippen molar-refractivity contribution in [2.75, 3.05) is 0 Å². The van der Waals surface area contributed by atoms with Gasteiger partial charge in [0.25, 0.3) is 0 Å². The third kappa shape index (κ3) is 3.38. The predicted octanol–water partition coefficient (Wildman–Crippen LogP) is 4.38. The van der Waals surface area contributed by atoms with Gasteiger partial charge in [0.15, 0.2) is 0 Å². The van der Waals surface area contributed by atoms with Crippen LogP contribution in [0, 0.1) is 0 Å². The van der Waals surface area contributed by atoms with E-state index in [1.54, 1.807) is 12.4 Å². The van der Waals surface area contributed by atoms with Crippen LogP contribution in [0.1, 0.15) is 5.56 Å². The van der Waals surface area contributed by atoms with Crippen molar-refractivity contribution in [3.05, 3.63) is 77.6 Å². The molecule has 3 aromatic rings. The van der Waals surface area contributed by atoms with Crippen molar-refractivity contribution in [3.8, 4) is 17.1 Å². The van der Waals surface area contributed by atoms with Gasteiger partial charge in [-0.3, -0.25) is 4.98 Å². The summed E-state index contributed by atoms with van der Waals surface area (Å²) in [7, 11) is 0. The minimum absolute atomic E-state index is 0.460. The summed E-state index contributed by atoms with van der Waals surface area (Å²) in [5.74, 6) is 0.483. The molecule has 0 fully saturated rings. The molecule has 0 saturated carbocycles. The lowest BCUT2D eigenvalue weighted by Gasteiger charge is -2.07. The molecule has 0 radical (unpaired) electrons. The molecule has 21 heavy (non-hydrogen) atoms. The van der Waals surface area contributed by atoms with Crippen molar-refractivity contribution in [1.29, 1.82) is 0 Å². The van der Waals surface area contributed by atoms with Gasteiger partial charge in [-0.05, 0) is 11.6 Å². The highest BCUT2D eigenvalue weighted by molar-refractivity contribution is 6.33. The van der Waals surface area contributed by atoms with Gasteiger partial charge in [0.2, 0.25) is 5.88 Å². The molecule has 0 bridgehead atoms. The molecule has 0 aliphatic heterocycles. The number of halogens is 1. The Kier molecular flexibility index (Phi) is 4.12. The van der Waals surface area contributed by atoms with E-state index in [2.05, 4.69) is 9.97 Å². The van der Waals surface area contributed by atoms with Gasteiger partial charge < -0.3 is 4.74 Å². The average molecular weight is 297 g/mol. The monoisotopic (exact) mass is 296 g/mol. The third-order valence-corrected chi connectivity index (χ3v) is 3.32. The molecule has 0 saturated heterocycles. The number of hydrogen-bond donors (Lipinski definition) is 0. The first-order valence-electron chi connectivity index (χ1n) is 6.56. The zero-order valence-corrected chi connectivity index (χ0v) is 12.0. The number of benzene rings is 2. The zero-order valence-electron chi connectivity index (χ0n) is 11.2. The molecule has 4 heteroatoms. The van der Waals surface area contributed by atoms with E-state index in [1.807, 2.05) is 54.6 Å². The Labute approximate surface area is 128 Å². The smallest absolute Gasteiger partial charge is 0.233 e. The van der Waals surface area contributed by atoms with Gasteiger partial charge >= 0.3 is 0 Å². The second-order valence-electron chi connectivity index (χ2n) is 4.50. The summed E-state index contributed by atoms with van der Waals surface area (Å²) in [6.07, 6.45) is 3.28. The summed E-state index contributed by atoms with van der Waals surface area (Å²) in [4.78, 5) is 8.62. The molecule has 0 spiro atoms. The Hall–Kier alpha value is -2.39. The lowest BCUT2D eigenvalue weighted by Crippen LogP contribution is -1.98. The van der Waals surface area contributed by atoms with E-state index in [0.29, 0.717) is 23.2 Å². The van der Waals surface area contributed by atoms with Gasteiger partial charge in [0.05, 0.1) is 23.1 Å². The molecule has 3 rings (SSSR count). The molecule has 1 aromatic heterocycles. The highest BCUT2D eigenvalue weighted by Crippen LogP contribution is 2.26. The normalized spacial score (nSPS) is 10.3.